The smallest absolute Gasteiger partial charge is 0.326 e. The number of rotatable bonds is 22. The van der Waals surface area contributed by atoms with Gasteiger partial charge in [-0.2, -0.15) is 0 Å². The molecule has 0 aliphatic rings. The van der Waals surface area contributed by atoms with Crippen LogP contribution >= 0.6 is 0 Å². The maximum atomic E-state index is 13.9. The number of aromatic nitrogens is 7. The highest BCUT2D eigenvalue weighted by Gasteiger charge is 2.34. The Morgan fingerprint density at radius 1 is 0.610 bits per heavy atom. The Hall–Kier alpha value is -7.40. The molecule has 0 aliphatic carbocycles. The number of aromatic amines is 4. The van der Waals surface area contributed by atoms with Crippen LogP contribution in [0.3, 0.4) is 0 Å². The minimum absolute atomic E-state index is 0.0718. The zero-order chi connectivity index (χ0) is 42.5. The molecule has 23 nitrogen and oxygen atoms in total. The molecule has 0 saturated heterocycles. The fraction of sp³-hybridized carbons (Fsp3) is 0.333. The van der Waals surface area contributed by atoms with Crippen LogP contribution in [0, 0.1) is 0 Å². The van der Waals surface area contributed by atoms with Crippen molar-refractivity contribution in [3.8, 4) is 0 Å². The molecule has 0 saturated carbocycles. The van der Waals surface area contributed by atoms with E-state index in [1.165, 1.54) is 37.6 Å². The highest BCUT2D eigenvalue weighted by atomic mass is 16.4. The highest BCUT2D eigenvalue weighted by Crippen LogP contribution is 2.19. The van der Waals surface area contributed by atoms with Gasteiger partial charge in [-0.15, -0.1) is 0 Å². The van der Waals surface area contributed by atoms with E-state index < -0.39 is 90.7 Å². The predicted octanol–water partition coefficient (Wildman–Crippen LogP) is -3.69. The summed E-state index contributed by atoms with van der Waals surface area (Å²) in [5.41, 5.74) is 14.2. The molecular weight excluding hydrogens is 772 g/mol. The van der Waals surface area contributed by atoms with Crippen LogP contribution in [0.4, 0.5) is 0 Å². The number of carbonyl (C=O) groups is 7. The van der Waals surface area contributed by atoms with Gasteiger partial charge in [0, 0.05) is 78.5 Å². The fourth-order valence-corrected chi connectivity index (χ4v) is 6.07. The lowest BCUT2D eigenvalue weighted by Gasteiger charge is -2.26. The number of hydrogen-bond donors (Lipinski definition) is 13. The number of carboxylic acid groups (broad SMARTS) is 1. The van der Waals surface area contributed by atoms with Crippen molar-refractivity contribution in [2.24, 2.45) is 11.5 Å². The molecule has 0 fully saturated rings. The summed E-state index contributed by atoms with van der Waals surface area (Å²) in [7, 11) is 0. The van der Waals surface area contributed by atoms with Crippen LogP contribution in [0.25, 0.3) is 10.9 Å². The minimum atomic E-state index is -1.74. The topological polar surface area (TPSA) is 374 Å². The van der Waals surface area contributed by atoms with E-state index in [4.69, 9.17) is 11.5 Å². The van der Waals surface area contributed by atoms with Crippen molar-refractivity contribution in [1.29, 1.82) is 0 Å². The number of amides is 6. The molecule has 4 aromatic heterocycles. The van der Waals surface area contributed by atoms with E-state index in [9.17, 15) is 43.8 Å². The first-order valence-corrected chi connectivity index (χ1v) is 18.2. The second-order valence-electron chi connectivity index (χ2n) is 13.5. The summed E-state index contributed by atoms with van der Waals surface area (Å²) in [5.74, 6) is -7.17. The molecular formula is C36H44N14O9. The Morgan fingerprint density at radius 3 is 1.61 bits per heavy atom. The Kier molecular flexibility index (Phi) is 14.6. The number of aliphatic carboxylic acids is 1. The van der Waals surface area contributed by atoms with Crippen LogP contribution in [0.1, 0.15) is 29.1 Å². The van der Waals surface area contributed by atoms with Crippen LogP contribution in [0.5, 0.6) is 0 Å². The van der Waals surface area contributed by atoms with E-state index in [-0.39, 0.29) is 25.7 Å². The number of nitrogens with two attached hydrogens (primary N) is 2. The Morgan fingerprint density at radius 2 is 1.08 bits per heavy atom. The van der Waals surface area contributed by atoms with Crippen molar-refractivity contribution in [3.05, 3.63) is 90.7 Å². The molecule has 59 heavy (non-hydrogen) atoms. The number of imidazole rings is 3. The quantitative estimate of drug-likeness (QED) is 0.0320. The van der Waals surface area contributed by atoms with Crippen LogP contribution < -0.4 is 38.1 Å². The number of carboxylic acids is 1. The Balaban J connectivity index is 1.28. The van der Waals surface area contributed by atoms with Gasteiger partial charge in [-0.1, -0.05) is 18.2 Å². The standard InChI is InChI=1S/C36H44N14O9/c37-23(6-19-11-39-15-43-19)31(53)46-25(7-20-12-40-16-44-20)32(54)47-26(8-21-13-41-17-45-21)33(55)48-27(9-30(38)52)34(56)50-29(14-51)35(57)49-28(36(58)59)5-18-10-42-24-4-2-1-3-22(18)24/h1-4,10-13,15-17,23,25-29,42,51H,5-9,14,37H2,(H2,38,52)(H,39,43)(H,40,44)(H,41,45)(H,46,53)(H,47,54)(H,48,55)(H,49,57)(H,50,56)(H,58,59)/t23-,25-,26-,27-,28-,29-/m0/s1. The van der Waals surface area contributed by atoms with E-state index >= 15 is 0 Å². The third-order valence-electron chi connectivity index (χ3n) is 9.12. The summed E-state index contributed by atoms with van der Waals surface area (Å²) in [6, 6.07) is -1.69. The van der Waals surface area contributed by atoms with Crippen molar-refractivity contribution >= 4 is 52.3 Å². The zero-order valence-corrected chi connectivity index (χ0v) is 31.3. The Bertz CT molecular complexity index is 2210. The lowest BCUT2D eigenvalue weighted by Crippen LogP contribution is -2.61. The Labute approximate surface area is 334 Å². The molecule has 6 atom stereocenters. The molecule has 4 heterocycles. The second-order valence-corrected chi connectivity index (χ2v) is 13.5. The molecule has 0 spiro atoms. The van der Waals surface area contributed by atoms with Gasteiger partial charge in [0.1, 0.15) is 30.2 Å². The zero-order valence-electron chi connectivity index (χ0n) is 31.3. The number of fused-ring (bicyclic) bond motifs is 1. The monoisotopic (exact) mass is 816 g/mol. The largest absolute Gasteiger partial charge is 0.480 e. The van der Waals surface area contributed by atoms with Crippen LogP contribution in [-0.4, -0.2) is 129 Å². The molecule has 0 aliphatic heterocycles. The van der Waals surface area contributed by atoms with Gasteiger partial charge in [0.05, 0.1) is 38.1 Å². The third kappa shape index (κ3) is 12.0. The van der Waals surface area contributed by atoms with Gasteiger partial charge in [0.2, 0.25) is 35.4 Å². The van der Waals surface area contributed by atoms with Crippen LogP contribution in [0.2, 0.25) is 0 Å². The maximum Gasteiger partial charge on any atom is 0.326 e. The number of nitrogens with one attached hydrogen (secondary N) is 9. The lowest BCUT2D eigenvalue weighted by atomic mass is 10.0. The number of para-hydroxylation sites is 1. The van der Waals surface area contributed by atoms with Gasteiger partial charge in [-0.05, 0) is 11.6 Å². The lowest BCUT2D eigenvalue weighted by molar-refractivity contribution is -0.142. The molecule has 1 aromatic carbocycles. The molecule has 23 heteroatoms. The van der Waals surface area contributed by atoms with Gasteiger partial charge in [0.15, 0.2) is 0 Å². The molecule has 0 bridgehead atoms. The van der Waals surface area contributed by atoms with E-state index in [1.54, 1.807) is 30.5 Å². The number of aliphatic hydroxyl groups is 1. The van der Waals surface area contributed by atoms with Crippen molar-refractivity contribution in [2.75, 3.05) is 6.61 Å². The third-order valence-corrected chi connectivity index (χ3v) is 9.12. The predicted molar refractivity (Wildman–Crippen MR) is 205 cm³/mol. The van der Waals surface area contributed by atoms with E-state index in [0.29, 0.717) is 22.6 Å². The fourth-order valence-electron chi connectivity index (χ4n) is 6.07. The van der Waals surface area contributed by atoms with E-state index in [2.05, 4.69) is 61.5 Å². The first kappa shape index (κ1) is 42.7. The van der Waals surface area contributed by atoms with Gasteiger partial charge >= 0.3 is 5.97 Å². The van der Waals surface area contributed by atoms with Crippen molar-refractivity contribution in [1.82, 2.24) is 61.5 Å². The van der Waals surface area contributed by atoms with Gasteiger partial charge in [0.25, 0.3) is 0 Å². The second kappa shape index (κ2) is 20.1. The summed E-state index contributed by atoms with van der Waals surface area (Å²) in [6.07, 6.45) is 8.85. The summed E-state index contributed by atoms with van der Waals surface area (Å²) in [5, 5.41) is 32.8. The van der Waals surface area contributed by atoms with Gasteiger partial charge in [-0.25, -0.2) is 19.7 Å². The first-order valence-electron chi connectivity index (χ1n) is 18.2. The summed E-state index contributed by atoms with van der Waals surface area (Å²) in [4.78, 5) is 115. The normalized spacial score (nSPS) is 14.2. The number of hydrogen-bond acceptors (Lipinski definition) is 12. The SMILES string of the molecule is NC(=O)C[C@H](NC(=O)[C@H](Cc1cnc[nH]1)NC(=O)[C@H](Cc1cnc[nH]1)NC(=O)[C@@H](N)Cc1cnc[nH]1)C(=O)N[C@@H](CO)C(=O)N[C@@H](Cc1c[nH]c2ccccc12)C(=O)O. The number of benzene rings is 1. The molecule has 0 radical (unpaired) electrons. The van der Waals surface area contributed by atoms with E-state index in [1.807, 2.05) is 0 Å². The molecule has 312 valence electrons. The van der Waals surface area contributed by atoms with E-state index in [0.717, 1.165) is 10.9 Å². The summed E-state index contributed by atoms with van der Waals surface area (Å²) in [6.45, 7) is -0.998. The average Bonchev–Trinajstić information content (AvgIpc) is 4.05. The first-order chi connectivity index (χ1) is 28.3. The van der Waals surface area contributed by atoms with Crippen molar-refractivity contribution < 1.29 is 43.8 Å². The number of nitrogens with zero attached hydrogens (tertiary/aromatic N) is 3. The summed E-state index contributed by atoms with van der Waals surface area (Å²) >= 11 is 0. The number of aliphatic hydroxyl groups excluding tert-OH is 1. The highest BCUT2D eigenvalue weighted by molar-refractivity contribution is 5.98. The van der Waals surface area contributed by atoms with Crippen molar-refractivity contribution in [2.45, 2.75) is 68.4 Å². The molecule has 5 rings (SSSR count). The van der Waals surface area contributed by atoms with Crippen LogP contribution in [0.15, 0.2) is 68.0 Å². The molecule has 0 unspecified atom stereocenters. The number of primary amides is 1. The minimum Gasteiger partial charge on any atom is -0.480 e. The van der Waals surface area contributed by atoms with Crippen molar-refractivity contribution in [3.63, 3.8) is 0 Å². The van der Waals surface area contributed by atoms with Gasteiger partial charge in [-0.3, -0.25) is 28.8 Å². The van der Waals surface area contributed by atoms with Crippen LogP contribution in [-0.2, 0) is 59.2 Å². The maximum absolute atomic E-state index is 13.9. The molecule has 5 aromatic rings. The summed E-state index contributed by atoms with van der Waals surface area (Å²) < 4.78 is 0. The number of carbonyl (C=O) groups excluding carboxylic acids is 6. The molecule has 6 amide bonds. The average molecular weight is 817 g/mol. The van der Waals surface area contributed by atoms with Gasteiger partial charge < -0.3 is 68.2 Å². The molecule has 15 N–H and O–H groups in total. The number of H-pyrrole nitrogens is 4.